The summed E-state index contributed by atoms with van der Waals surface area (Å²) in [5.41, 5.74) is 4.25. The van der Waals surface area contributed by atoms with Crippen LogP contribution in [0.3, 0.4) is 0 Å². The van der Waals surface area contributed by atoms with Crippen LogP contribution in [0.2, 0.25) is 5.02 Å². The van der Waals surface area contributed by atoms with Gasteiger partial charge >= 0.3 is 6.09 Å². The number of nitrogens with zero attached hydrogens (tertiary/aromatic N) is 6. The Labute approximate surface area is 285 Å². The van der Waals surface area contributed by atoms with Crippen molar-refractivity contribution in [2.75, 3.05) is 36.1 Å². The monoisotopic (exact) mass is 668 g/mol. The highest BCUT2D eigenvalue weighted by Gasteiger charge is 2.41. The van der Waals surface area contributed by atoms with Gasteiger partial charge in [-0.3, -0.25) is 15.3 Å². The molecule has 0 spiro atoms. The van der Waals surface area contributed by atoms with E-state index in [-0.39, 0.29) is 17.9 Å². The standard InChI is InChI=1S/C36H41ClN8O3/c1-3-44-31-30(25-17-26(37)19-27(18-25)43-14-7-8-15-43)39-34(32(38)40-36(46)47)41-33(31)42-35(44)45-28(23-11-5-4-6-12-23)20-48-21-29(45)24-13-9-10-22(2)16-24/h3-6,11-12,17-19,22,24,28-29H,1,7-10,13-16,20-21H2,2H3,(H2,38,40)(H,46,47)/t22-,24?,28-,29?/m0/s1. The molecule has 3 N–H and O–H groups in total. The quantitative estimate of drug-likeness (QED) is 0.139. The van der Waals surface area contributed by atoms with Gasteiger partial charge in [-0.05, 0) is 61.3 Å². The summed E-state index contributed by atoms with van der Waals surface area (Å²) in [6.45, 7) is 9.50. The number of amidine groups is 1. The van der Waals surface area contributed by atoms with Crippen molar-refractivity contribution in [1.82, 2.24) is 24.8 Å². The third kappa shape index (κ3) is 6.24. The molecule has 12 heteroatoms. The van der Waals surface area contributed by atoms with E-state index in [2.05, 4.69) is 45.7 Å². The summed E-state index contributed by atoms with van der Waals surface area (Å²) in [5.74, 6) is 1.17. The maximum Gasteiger partial charge on any atom is 0.410 e. The van der Waals surface area contributed by atoms with Crippen LogP contribution in [-0.4, -0.2) is 68.9 Å². The number of nitrogens with one attached hydrogen (secondary N) is 2. The molecule has 4 aromatic rings. The van der Waals surface area contributed by atoms with Crippen LogP contribution >= 0.6 is 11.6 Å². The van der Waals surface area contributed by atoms with Gasteiger partial charge in [-0.2, -0.15) is 4.98 Å². The molecule has 4 atom stereocenters. The number of anilines is 2. The van der Waals surface area contributed by atoms with E-state index in [0.29, 0.717) is 52.9 Å². The summed E-state index contributed by atoms with van der Waals surface area (Å²) in [7, 11) is 0. The largest absolute Gasteiger partial charge is 0.465 e. The number of rotatable bonds is 7. The van der Waals surface area contributed by atoms with Crippen LogP contribution in [0.5, 0.6) is 0 Å². The topological polar surface area (TPSA) is 132 Å². The lowest BCUT2D eigenvalue weighted by molar-refractivity contribution is 0.0373. The number of ether oxygens (including phenoxy) is 1. The van der Waals surface area contributed by atoms with Gasteiger partial charge in [0.25, 0.3) is 0 Å². The SMILES string of the molecule is C=Cn1c(N2C(C3CCC[C@H](C)C3)COC[C@H]2c2ccccc2)nc2nc(C(=N)NC(=O)O)nc(-c3cc(Cl)cc(N4CCCC4)c3)c21. The summed E-state index contributed by atoms with van der Waals surface area (Å²) < 4.78 is 8.29. The Kier molecular flexibility index (Phi) is 9.07. The van der Waals surface area contributed by atoms with Crippen LogP contribution in [0.1, 0.15) is 62.9 Å². The Balaban J connectivity index is 1.45. The lowest BCUT2D eigenvalue weighted by Gasteiger charge is -2.47. The number of imidazole rings is 1. The average Bonchev–Trinajstić information content (AvgIpc) is 3.76. The Bertz CT molecular complexity index is 1840. The molecule has 2 unspecified atom stereocenters. The van der Waals surface area contributed by atoms with Crippen molar-refractivity contribution in [1.29, 1.82) is 5.41 Å². The number of carbonyl (C=O) groups is 1. The molecule has 1 amide bonds. The maximum atomic E-state index is 11.5. The van der Waals surface area contributed by atoms with Crippen molar-refractivity contribution in [3.05, 3.63) is 71.5 Å². The molecule has 3 aliphatic rings. The molecule has 48 heavy (non-hydrogen) atoms. The van der Waals surface area contributed by atoms with Crippen LogP contribution in [0.25, 0.3) is 28.6 Å². The summed E-state index contributed by atoms with van der Waals surface area (Å²) in [6, 6.07) is 16.1. The van der Waals surface area contributed by atoms with E-state index < -0.39 is 11.9 Å². The number of hydrogen-bond acceptors (Lipinski definition) is 8. The fourth-order valence-electron chi connectivity index (χ4n) is 7.80. The molecule has 3 fully saturated rings. The first-order chi connectivity index (χ1) is 23.3. The van der Waals surface area contributed by atoms with E-state index in [4.69, 9.17) is 31.7 Å². The van der Waals surface area contributed by atoms with Crippen LogP contribution in [-0.2, 0) is 4.74 Å². The predicted octanol–water partition coefficient (Wildman–Crippen LogP) is 7.21. The first-order valence-electron chi connectivity index (χ1n) is 16.8. The summed E-state index contributed by atoms with van der Waals surface area (Å²) >= 11 is 6.74. The van der Waals surface area contributed by atoms with Crippen LogP contribution < -0.4 is 15.1 Å². The highest BCUT2D eigenvalue weighted by atomic mass is 35.5. The second-order valence-electron chi connectivity index (χ2n) is 13.2. The number of amides is 1. The van der Waals surface area contributed by atoms with Gasteiger partial charge < -0.3 is 19.6 Å². The van der Waals surface area contributed by atoms with Crippen molar-refractivity contribution in [2.45, 2.75) is 57.5 Å². The van der Waals surface area contributed by atoms with E-state index in [9.17, 15) is 9.90 Å². The molecule has 0 bridgehead atoms. The molecule has 4 heterocycles. The zero-order chi connectivity index (χ0) is 33.4. The summed E-state index contributed by atoms with van der Waals surface area (Å²) in [4.78, 5) is 30.9. The molecule has 11 nitrogen and oxygen atoms in total. The van der Waals surface area contributed by atoms with Gasteiger partial charge in [0.05, 0.1) is 25.3 Å². The lowest BCUT2D eigenvalue weighted by Crippen LogP contribution is -2.53. The van der Waals surface area contributed by atoms with Crippen molar-refractivity contribution >= 4 is 52.5 Å². The highest BCUT2D eigenvalue weighted by Crippen LogP contribution is 2.42. The number of morpholine rings is 1. The number of halogens is 1. The molecule has 2 aliphatic heterocycles. The minimum Gasteiger partial charge on any atom is -0.465 e. The molecule has 2 aromatic heterocycles. The van der Waals surface area contributed by atoms with Crippen molar-refractivity contribution in [3.63, 3.8) is 0 Å². The minimum absolute atomic E-state index is 0.0537. The van der Waals surface area contributed by atoms with Gasteiger partial charge in [-0.25, -0.2) is 14.8 Å². The van der Waals surface area contributed by atoms with Crippen molar-refractivity contribution < 1.29 is 14.6 Å². The maximum absolute atomic E-state index is 11.5. The fourth-order valence-corrected chi connectivity index (χ4v) is 8.03. The molecule has 2 saturated heterocycles. The molecule has 0 radical (unpaired) electrons. The first-order valence-corrected chi connectivity index (χ1v) is 17.2. The Hall–Kier alpha value is -4.48. The van der Waals surface area contributed by atoms with Crippen LogP contribution in [0.15, 0.2) is 55.1 Å². The second-order valence-corrected chi connectivity index (χ2v) is 13.6. The van der Waals surface area contributed by atoms with E-state index in [1.807, 2.05) is 41.0 Å². The van der Waals surface area contributed by atoms with Gasteiger partial charge in [0, 0.05) is 35.6 Å². The van der Waals surface area contributed by atoms with Crippen molar-refractivity contribution in [3.8, 4) is 11.3 Å². The normalized spacial score (nSPS) is 23.0. The van der Waals surface area contributed by atoms with Gasteiger partial charge in [0.1, 0.15) is 11.2 Å². The number of hydrogen-bond donors (Lipinski definition) is 3. The Morgan fingerprint density at radius 2 is 1.88 bits per heavy atom. The highest BCUT2D eigenvalue weighted by molar-refractivity contribution is 6.31. The smallest absolute Gasteiger partial charge is 0.410 e. The van der Waals surface area contributed by atoms with Crippen LogP contribution in [0.4, 0.5) is 16.4 Å². The third-order valence-corrected chi connectivity index (χ3v) is 10.2. The summed E-state index contributed by atoms with van der Waals surface area (Å²) in [5, 5.41) is 20.6. The molecule has 250 valence electrons. The first kappa shape index (κ1) is 32.1. The zero-order valence-electron chi connectivity index (χ0n) is 27.1. The number of benzene rings is 2. The Morgan fingerprint density at radius 3 is 2.60 bits per heavy atom. The third-order valence-electron chi connectivity index (χ3n) is 9.99. The van der Waals surface area contributed by atoms with E-state index >= 15 is 0 Å². The lowest BCUT2D eigenvalue weighted by atomic mass is 9.77. The van der Waals surface area contributed by atoms with Gasteiger partial charge in [-0.1, -0.05) is 68.3 Å². The molecule has 7 rings (SSSR count). The van der Waals surface area contributed by atoms with Gasteiger partial charge in [0.2, 0.25) is 5.95 Å². The van der Waals surface area contributed by atoms with E-state index in [0.717, 1.165) is 55.6 Å². The van der Waals surface area contributed by atoms with Gasteiger partial charge in [0.15, 0.2) is 17.3 Å². The van der Waals surface area contributed by atoms with Crippen molar-refractivity contribution in [2.24, 2.45) is 11.8 Å². The summed E-state index contributed by atoms with van der Waals surface area (Å²) in [6.07, 6.45) is 7.21. The number of aromatic nitrogens is 4. The van der Waals surface area contributed by atoms with Gasteiger partial charge in [-0.15, -0.1) is 0 Å². The predicted molar refractivity (Wildman–Crippen MR) is 189 cm³/mol. The number of fused-ring (bicyclic) bond motifs is 1. The van der Waals surface area contributed by atoms with E-state index in [1.54, 1.807) is 6.20 Å². The molecule has 1 saturated carbocycles. The zero-order valence-corrected chi connectivity index (χ0v) is 27.9. The fraction of sp³-hybridized carbons (Fsp3) is 0.417. The number of carboxylic acid groups (broad SMARTS) is 1. The van der Waals surface area contributed by atoms with Crippen LogP contribution in [0, 0.1) is 17.2 Å². The second kappa shape index (κ2) is 13.6. The minimum atomic E-state index is -1.37. The Morgan fingerprint density at radius 1 is 1.08 bits per heavy atom. The molecule has 2 aromatic carbocycles. The molecule has 1 aliphatic carbocycles. The molecular formula is C36H41ClN8O3. The molecular weight excluding hydrogens is 628 g/mol. The van der Waals surface area contributed by atoms with E-state index in [1.165, 1.54) is 12.8 Å². The average molecular weight is 669 g/mol.